The number of aliphatic imine (C=N–C) groups is 1. The molecule has 3 rings (SSSR count). The Labute approximate surface area is 181 Å². The van der Waals surface area contributed by atoms with E-state index in [1.807, 2.05) is 7.05 Å². The van der Waals surface area contributed by atoms with Crippen LogP contribution in [0.25, 0.3) is 0 Å². The maximum absolute atomic E-state index is 5.68. The highest BCUT2D eigenvalue weighted by Gasteiger charge is 2.36. The quantitative estimate of drug-likeness (QED) is 0.476. The van der Waals surface area contributed by atoms with Crippen LogP contribution in [0, 0.1) is 5.41 Å². The number of benzene rings is 1. The molecule has 2 fully saturated rings. The largest absolute Gasteiger partial charge is 0.497 e. The molecule has 1 aliphatic carbocycles. The first-order valence-corrected chi connectivity index (χ1v) is 11.3. The average molecular weight is 418 g/mol. The fourth-order valence-electron chi connectivity index (χ4n) is 4.98. The zero-order chi connectivity index (χ0) is 21.3. The summed E-state index contributed by atoms with van der Waals surface area (Å²) < 4.78 is 16.4. The van der Waals surface area contributed by atoms with Gasteiger partial charge in [0.25, 0.3) is 0 Å². The van der Waals surface area contributed by atoms with Crippen molar-refractivity contribution in [3.05, 3.63) is 29.8 Å². The maximum Gasteiger partial charge on any atom is 0.191 e. The number of hydrogen-bond acceptors (Lipinski definition) is 4. The van der Waals surface area contributed by atoms with Crippen molar-refractivity contribution in [2.24, 2.45) is 10.4 Å². The topological polar surface area (TPSA) is 64.1 Å². The van der Waals surface area contributed by atoms with E-state index in [-0.39, 0.29) is 5.41 Å². The van der Waals surface area contributed by atoms with Crippen LogP contribution in [0.5, 0.6) is 5.75 Å². The first-order valence-electron chi connectivity index (χ1n) is 11.3. The van der Waals surface area contributed by atoms with Crippen LogP contribution in [0.3, 0.4) is 0 Å². The van der Waals surface area contributed by atoms with E-state index in [0.29, 0.717) is 5.41 Å². The third-order valence-electron chi connectivity index (χ3n) is 7.10. The Morgan fingerprint density at radius 1 is 1.00 bits per heavy atom. The van der Waals surface area contributed by atoms with E-state index < -0.39 is 0 Å². The summed E-state index contributed by atoms with van der Waals surface area (Å²) in [7, 11) is 5.36. The minimum atomic E-state index is 0.0449. The maximum atomic E-state index is 5.68. The first kappa shape index (κ1) is 22.9. The van der Waals surface area contributed by atoms with E-state index in [2.05, 4.69) is 39.9 Å². The summed E-state index contributed by atoms with van der Waals surface area (Å²) in [5.74, 6) is 1.78. The summed E-state index contributed by atoms with van der Waals surface area (Å²) >= 11 is 0. The Hall–Kier alpha value is -1.79. The Morgan fingerprint density at radius 2 is 1.67 bits per heavy atom. The standard InChI is InChI=1S/C24H39N3O3/c1-25-22(26-18-23(12-15-28-2)10-4-5-11-23)27-19-24(13-16-30-17-14-24)20-6-8-21(29-3)9-7-20/h6-9H,4-5,10-19H2,1-3H3,(H2,25,26,27). The number of nitrogens with zero attached hydrogens (tertiary/aromatic N) is 1. The van der Waals surface area contributed by atoms with Gasteiger partial charge in [0.2, 0.25) is 0 Å². The second kappa shape index (κ2) is 11.0. The zero-order valence-corrected chi connectivity index (χ0v) is 19.0. The van der Waals surface area contributed by atoms with Crippen LogP contribution in [0.1, 0.15) is 50.5 Å². The van der Waals surface area contributed by atoms with Crippen molar-refractivity contribution < 1.29 is 14.2 Å². The molecule has 6 heteroatoms. The van der Waals surface area contributed by atoms with Crippen LogP contribution in [0.4, 0.5) is 0 Å². The van der Waals surface area contributed by atoms with Crippen molar-refractivity contribution in [2.75, 3.05) is 54.2 Å². The SMILES string of the molecule is CN=C(NCC1(CCOC)CCCC1)NCC1(c2ccc(OC)cc2)CCOCC1. The molecule has 1 aromatic carbocycles. The summed E-state index contributed by atoms with van der Waals surface area (Å²) in [4.78, 5) is 4.51. The molecule has 168 valence electrons. The molecule has 0 bridgehead atoms. The van der Waals surface area contributed by atoms with Gasteiger partial charge in [0.05, 0.1) is 7.11 Å². The predicted octanol–water partition coefficient (Wildman–Crippen LogP) is 3.51. The van der Waals surface area contributed by atoms with Gasteiger partial charge in [-0.25, -0.2) is 0 Å². The molecule has 1 saturated carbocycles. The highest BCUT2D eigenvalue weighted by atomic mass is 16.5. The fourth-order valence-corrected chi connectivity index (χ4v) is 4.98. The molecule has 1 aromatic rings. The molecule has 30 heavy (non-hydrogen) atoms. The first-order chi connectivity index (χ1) is 14.7. The number of hydrogen-bond donors (Lipinski definition) is 2. The molecule has 0 atom stereocenters. The predicted molar refractivity (Wildman–Crippen MR) is 121 cm³/mol. The normalized spacial score (nSPS) is 20.7. The van der Waals surface area contributed by atoms with Crippen molar-refractivity contribution in [1.82, 2.24) is 10.6 Å². The van der Waals surface area contributed by atoms with Gasteiger partial charge in [0.15, 0.2) is 5.96 Å². The Morgan fingerprint density at radius 3 is 2.27 bits per heavy atom. The summed E-state index contributed by atoms with van der Waals surface area (Å²) in [6.45, 7) is 4.20. The van der Waals surface area contributed by atoms with E-state index in [4.69, 9.17) is 14.2 Å². The molecule has 1 aliphatic heterocycles. The van der Waals surface area contributed by atoms with Crippen LogP contribution >= 0.6 is 0 Å². The summed E-state index contributed by atoms with van der Waals surface area (Å²) in [6, 6.07) is 8.50. The van der Waals surface area contributed by atoms with E-state index in [1.165, 1.54) is 31.2 Å². The summed E-state index contributed by atoms with van der Waals surface area (Å²) in [5, 5.41) is 7.24. The molecule has 0 amide bonds. The molecule has 1 saturated heterocycles. The Balaban J connectivity index is 1.63. The third kappa shape index (κ3) is 5.67. The fraction of sp³-hybridized carbons (Fsp3) is 0.708. The third-order valence-corrected chi connectivity index (χ3v) is 7.10. The van der Waals surface area contributed by atoms with Crippen molar-refractivity contribution in [2.45, 2.75) is 50.4 Å². The molecule has 0 unspecified atom stereocenters. The molecule has 0 spiro atoms. The lowest BCUT2D eigenvalue weighted by atomic mass is 9.74. The van der Waals surface area contributed by atoms with Gasteiger partial charge in [-0.3, -0.25) is 4.99 Å². The minimum Gasteiger partial charge on any atom is -0.497 e. The molecular weight excluding hydrogens is 378 g/mol. The smallest absolute Gasteiger partial charge is 0.191 e. The lowest BCUT2D eigenvalue weighted by Crippen LogP contribution is -2.49. The van der Waals surface area contributed by atoms with Gasteiger partial charge < -0.3 is 24.8 Å². The molecule has 6 nitrogen and oxygen atoms in total. The van der Waals surface area contributed by atoms with E-state index in [1.54, 1.807) is 14.2 Å². The van der Waals surface area contributed by atoms with Gasteiger partial charge in [-0.2, -0.15) is 0 Å². The van der Waals surface area contributed by atoms with Crippen LogP contribution in [-0.4, -0.2) is 60.1 Å². The number of methoxy groups -OCH3 is 2. The van der Waals surface area contributed by atoms with Gasteiger partial charge >= 0.3 is 0 Å². The Kier molecular flexibility index (Phi) is 8.40. The van der Waals surface area contributed by atoms with Gasteiger partial charge in [-0.05, 0) is 55.2 Å². The lowest BCUT2D eigenvalue weighted by Gasteiger charge is -2.38. The van der Waals surface area contributed by atoms with Crippen LogP contribution in [-0.2, 0) is 14.9 Å². The van der Waals surface area contributed by atoms with Crippen LogP contribution < -0.4 is 15.4 Å². The van der Waals surface area contributed by atoms with Crippen molar-refractivity contribution in [3.8, 4) is 5.75 Å². The second-order valence-corrected chi connectivity index (χ2v) is 8.85. The molecular formula is C24H39N3O3. The number of rotatable bonds is 9. The van der Waals surface area contributed by atoms with Gasteiger partial charge in [-0.1, -0.05) is 25.0 Å². The lowest BCUT2D eigenvalue weighted by molar-refractivity contribution is 0.0513. The molecule has 1 heterocycles. The van der Waals surface area contributed by atoms with E-state index in [9.17, 15) is 0 Å². The van der Waals surface area contributed by atoms with Crippen molar-refractivity contribution in [1.29, 1.82) is 0 Å². The number of ether oxygens (including phenoxy) is 3. The van der Waals surface area contributed by atoms with E-state index in [0.717, 1.165) is 63.9 Å². The summed E-state index contributed by atoms with van der Waals surface area (Å²) in [5.41, 5.74) is 1.71. The van der Waals surface area contributed by atoms with E-state index >= 15 is 0 Å². The molecule has 2 N–H and O–H groups in total. The highest BCUT2D eigenvalue weighted by Crippen LogP contribution is 2.40. The van der Waals surface area contributed by atoms with Crippen molar-refractivity contribution >= 4 is 5.96 Å². The van der Waals surface area contributed by atoms with Gasteiger partial charge in [0.1, 0.15) is 5.75 Å². The second-order valence-electron chi connectivity index (χ2n) is 8.85. The monoisotopic (exact) mass is 417 g/mol. The molecule has 2 aliphatic rings. The summed E-state index contributed by atoms with van der Waals surface area (Å²) in [6.07, 6.45) is 8.29. The number of guanidine groups is 1. The van der Waals surface area contributed by atoms with Gasteiger partial charge in [-0.15, -0.1) is 0 Å². The average Bonchev–Trinajstić information content (AvgIpc) is 3.27. The van der Waals surface area contributed by atoms with Crippen LogP contribution in [0.2, 0.25) is 0 Å². The van der Waals surface area contributed by atoms with Crippen LogP contribution in [0.15, 0.2) is 29.3 Å². The van der Waals surface area contributed by atoms with Crippen molar-refractivity contribution in [3.63, 3.8) is 0 Å². The molecule has 0 aromatic heterocycles. The zero-order valence-electron chi connectivity index (χ0n) is 19.0. The Bertz CT molecular complexity index is 663. The molecule has 0 radical (unpaired) electrons. The number of nitrogens with one attached hydrogen (secondary N) is 2. The minimum absolute atomic E-state index is 0.0449. The highest BCUT2D eigenvalue weighted by molar-refractivity contribution is 5.79. The van der Waals surface area contributed by atoms with Gasteiger partial charge in [0, 0.05) is 52.5 Å².